The van der Waals surface area contributed by atoms with E-state index in [2.05, 4.69) is 25.9 Å². The number of halogens is 1. The van der Waals surface area contributed by atoms with Gasteiger partial charge in [-0.1, -0.05) is 17.7 Å². The highest BCUT2D eigenvalue weighted by Gasteiger charge is 2.36. The summed E-state index contributed by atoms with van der Waals surface area (Å²) < 4.78 is 1.93. The van der Waals surface area contributed by atoms with Crippen LogP contribution >= 0.6 is 11.6 Å². The van der Waals surface area contributed by atoms with Crippen molar-refractivity contribution in [2.45, 2.75) is 25.8 Å². The number of rotatable bonds is 2. The van der Waals surface area contributed by atoms with Crippen LogP contribution in [0.25, 0.3) is 11.1 Å². The van der Waals surface area contributed by atoms with Crippen molar-refractivity contribution >= 4 is 23.4 Å². The van der Waals surface area contributed by atoms with Gasteiger partial charge in [0.25, 0.3) is 5.56 Å². The van der Waals surface area contributed by atoms with Crippen molar-refractivity contribution in [1.29, 1.82) is 0 Å². The molecule has 0 saturated carbocycles. The van der Waals surface area contributed by atoms with Crippen LogP contribution in [0.4, 0.5) is 11.8 Å². The molecular weight excluding hydrogens is 388 g/mol. The number of piperidine rings is 1. The largest absolute Gasteiger partial charge is 0.368 e. The highest BCUT2D eigenvalue weighted by atomic mass is 35.5. The van der Waals surface area contributed by atoms with Gasteiger partial charge in [0.15, 0.2) is 5.82 Å². The Kier molecular flexibility index (Phi) is 4.28. The van der Waals surface area contributed by atoms with Gasteiger partial charge in [-0.2, -0.15) is 4.98 Å². The maximum Gasteiger partial charge on any atom is 0.251 e. The number of hydrogen-bond donors (Lipinski definition) is 1. The summed E-state index contributed by atoms with van der Waals surface area (Å²) in [7, 11) is 0. The Balaban J connectivity index is 1.55. The Hall–Kier alpha value is -2.93. The Morgan fingerprint density at radius 3 is 2.83 bits per heavy atom. The molecule has 0 aliphatic carbocycles. The third-order valence-corrected chi connectivity index (χ3v) is 6.31. The first kappa shape index (κ1) is 18.1. The monoisotopic (exact) mass is 408 g/mol. The average Bonchev–Trinajstić information content (AvgIpc) is 2.72. The first-order valence-corrected chi connectivity index (χ1v) is 10.1. The molecule has 2 N–H and O–H groups in total. The molecule has 3 aromatic heterocycles. The zero-order chi connectivity index (χ0) is 20.1. The predicted molar refractivity (Wildman–Crippen MR) is 113 cm³/mol. The van der Waals surface area contributed by atoms with Crippen molar-refractivity contribution in [3.8, 4) is 11.1 Å². The standard InChI is InChI=1S/C21H21ClN6O/c1-12-19(22)20(26-21(23)25-12)27-9-13-5-16(11-27)17-6-15(7-18(29)28(17)10-13)14-3-2-4-24-8-14/h2-4,6-8,13,16H,5,9-11H2,1H3,(H2,23,25,26)/t13-,16+/m0/s1. The summed E-state index contributed by atoms with van der Waals surface area (Å²) >= 11 is 6.50. The average molecular weight is 409 g/mol. The molecule has 2 aliphatic rings. The van der Waals surface area contributed by atoms with E-state index >= 15 is 0 Å². The van der Waals surface area contributed by atoms with Crippen LogP contribution in [0.2, 0.25) is 5.02 Å². The maximum absolute atomic E-state index is 12.9. The fraction of sp³-hybridized carbons (Fsp3) is 0.333. The third kappa shape index (κ3) is 3.15. The second kappa shape index (κ2) is 6.84. The van der Waals surface area contributed by atoms with Gasteiger partial charge in [0.1, 0.15) is 5.02 Å². The minimum atomic E-state index is 0.0460. The first-order chi connectivity index (χ1) is 14.0. The second-order valence-electron chi connectivity index (χ2n) is 7.87. The van der Waals surface area contributed by atoms with Gasteiger partial charge in [-0.3, -0.25) is 9.78 Å². The Morgan fingerprint density at radius 2 is 2.03 bits per heavy atom. The van der Waals surface area contributed by atoms with Crippen LogP contribution in [0.1, 0.15) is 23.7 Å². The zero-order valence-corrected chi connectivity index (χ0v) is 16.8. The van der Waals surface area contributed by atoms with Crippen LogP contribution in [0.3, 0.4) is 0 Å². The number of aromatic nitrogens is 4. The van der Waals surface area contributed by atoms with Gasteiger partial charge in [0.2, 0.25) is 5.95 Å². The minimum Gasteiger partial charge on any atom is -0.368 e. The van der Waals surface area contributed by atoms with Crippen molar-refractivity contribution in [1.82, 2.24) is 19.5 Å². The number of anilines is 2. The molecule has 3 aromatic rings. The van der Waals surface area contributed by atoms with E-state index in [0.29, 0.717) is 29.0 Å². The highest BCUT2D eigenvalue weighted by molar-refractivity contribution is 6.33. The molecule has 5 rings (SSSR count). The van der Waals surface area contributed by atoms with Crippen LogP contribution in [0.5, 0.6) is 0 Å². The van der Waals surface area contributed by atoms with Crippen LogP contribution in [0.15, 0.2) is 41.5 Å². The lowest BCUT2D eigenvalue weighted by molar-refractivity contribution is 0.281. The van der Waals surface area contributed by atoms with E-state index in [4.69, 9.17) is 17.3 Å². The van der Waals surface area contributed by atoms with Gasteiger partial charge in [-0.25, -0.2) is 4.98 Å². The number of nitrogen functional groups attached to an aromatic ring is 1. The Morgan fingerprint density at radius 1 is 1.17 bits per heavy atom. The van der Waals surface area contributed by atoms with E-state index in [1.165, 1.54) is 0 Å². The third-order valence-electron chi connectivity index (χ3n) is 5.87. The summed E-state index contributed by atoms with van der Waals surface area (Å²) in [6.07, 6.45) is 4.57. The SMILES string of the molecule is Cc1nc(N)nc(N2C[C@@H]3C[C@H](C2)c2cc(-c4cccnc4)cc(=O)n2C3)c1Cl. The lowest BCUT2D eigenvalue weighted by Crippen LogP contribution is -2.47. The molecule has 2 atom stereocenters. The fourth-order valence-electron chi connectivity index (χ4n) is 4.61. The molecule has 8 heteroatoms. The number of nitrogens with zero attached hydrogens (tertiary/aromatic N) is 5. The highest BCUT2D eigenvalue weighted by Crippen LogP contribution is 2.39. The molecule has 0 aromatic carbocycles. The van der Waals surface area contributed by atoms with E-state index in [0.717, 1.165) is 36.3 Å². The van der Waals surface area contributed by atoms with Crippen molar-refractivity contribution in [3.63, 3.8) is 0 Å². The Bertz CT molecular complexity index is 1150. The summed E-state index contributed by atoms with van der Waals surface area (Å²) in [6, 6.07) is 7.70. The van der Waals surface area contributed by atoms with E-state index in [-0.39, 0.29) is 17.4 Å². The van der Waals surface area contributed by atoms with E-state index in [1.54, 1.807) is 18.5 Å². The summed E-state index contributed by atoms with van der Waals surface area (Å²) in [5, 5.41) is 0.542. The van der Waals surface area contributed by atoms with E-state index < -0.39 is 0 Å². The van der Waals surface area contributed by atoms with Crippen LogP contribution < -0.4 is 16.2 Å². The van der Waals surface area contributed by atoms with Crippen molar-refractivity contribution in [2.24, 2.45) is 5.92 Å². The topological polar surface area (TPSA) is 89.9 Å². The second-order valence-corrected chi connectivity index (χ2v) is 8.25. The normalized spacial score (nSPS) is 20.4. The molecule has 1 fully saturated rings. The lowest BCUT2D eigenvalue weighted by atomic mass is 9.82. The molecule has 2 bridgehead atoms. The molecule has 29 heavy (non-hydrogen) atoms. The number of fused-ring (bicyclic) bond motifs is 4. The predicted octanol–water partition coefficient (Wildman–Crippen LogP) is 2.87. The van der Waals surface area contributed by atoms with Crippen molar-refractivity contribution in [3.05, 3.63) is 63.4 Å². The Labute approximate surface area is 173 Å². The molecule has 1 saturated heterocycles. The quantitative estimate of drug-likeness (QED) is 0.701. The van der Waals surface area contributed by atoms with Gasteiger partial charge < -0.3 is 15.2 Å². The van der Waals surface area contributed by atoms with Gasteiger partial charge in [0.05, 0.1) is 5.69 Å². The molecular formula is C21H21ClN6O. The summed E-state index contributed by atoms with van der Waals surface area (Å²) in [5.74, 6) is 1.49. The van der Waals surface area contributed by atoms with Gasteiger partial charge in [0, 0.05) is 55.3 Å². The number of hydrogen-bond acceptors (Lipinski definition) is 6. The van der Waals surface area contributed by atoms with Gasteiger partial charge in [-0.15, -0.1) is 0 Å². The molecule has 5 heterocycles. The van der Waals surface area contributed by atoms with Crippen LogP contribution in [-0.2, 0) is 6.54 Å². The van der Waals surface area contributed by atoms with Crippen molar-refractivity contribution in [2.75, 3.05) is 23.7 Å². The van der Waals surface area contributed by atoms with Gasteiger partial charge in [-0.05, 0) is 37.0 Å². The minimum absolute atomic E-state index is 0.0460. The van der Waals surface area contributed by atoms with Crippen LogP contribution in [0, 0.1) is 12.8 Å². The summed E-state index contributed by atoms with van der Waals surface area (Å²) in [6.45, 7) is 4.07. The zero-order valence-electron chi connectivity index (χ0n) is 16.0. The summed E-state index contributed by atoms with van der Waals surface area (Å²) in [5.41, 5.74) is 9.52. The molecule has 7 nitrogen and oxygen atoms in total. The molecule has 148 valence electrons. The van der Waals surface area contributed by atoms with E-state index in [1.807, 2.05) is 23.6 Å². The maximum atomic E-state index is 12.9. The lowest BCUT2D eigenvalue weighted by Gasteiger charge is -2.43. The van der Waals surface area contributed by atoms with E-state index in [9.17, 15) is 4.79 Å². The number of nitrogens with two attached hydrogens (primary N) is 1. The first-order valence-electron chi connectivity index (χ1n) is 9.69. The number of aryl methyl sites for hydroxylation is 1. The molecule has 0 radical (unpaired) electrons. The molecule has 2 aliphatic heterocycles. The van der Waals surface area contributed by atoms with Gasteiger partial charge >= 0.3 is 0 Å². The van der Waals surface area contributed by atoms with Crippen molar-refractivity contribution < 1.29 is 0 Å². The molecule has 0 spiro atoms. The molecule has 0 unspecified atom stereocenters. The summed E-state index contributed by atoms with van der Waals surface area (Å²) in [4.78, 5) is 27.8. The number of pyridine rings is 2. The smallest absolute Gasteiger partial charge is 0.251 e. The molecule has 0 amide bonds. The van der Waals surface area contributed by atoms with Crippen LogP contribution in [-0.4, -0.2) is 32.6 Å². The fourth-order valence-corrected chi connectivity index (χ4v) is 4.81.